The van der Waals surface area contributed by atoms with Gasteiger partial charge in [-0.25, -0.2) is 0 Å². The number of fused-ring (bicyclic) bond motifs is 8. The van der Waals surface area contributed by atoms with Crippen molar-refractivity contribution in [2.75, 3.05) is 13.2 Å². The quantitative estimate of drug-likeness (QED) is 0.418. The maximum atomic E-state index is 12.0. The Morgan fingerprint density at radius 2 is 1.61 bits per heavy atom. The first-order chi connectivity index (χ1) is 16.8. The molecular formula is C32H52O4. The highest BCUT2D eigenvalue weighted by Gasteiger charge is 2.69. The Morgan fingerprint density at radius 1 is 0.861 bits per heavy atom. The Kier molecular flexibility index (Phi) is 5.62. The molecule has 0 aromatic heterocycles. The lowest BCUT2D eigenvalue weighted by atomic mass is 9.34. The SMILES string of the molecule is CCO[C@H]1OC[C@]23CC[C@@]1(C)CC2=C1CC[C@@H]2[C@@]4(C)CC[C@H](O)C(C)(C)[C@@H]4CC[C@@]2(C)[C@]1(C)C[C@H]3O. The molecule has 1 spiro atoms. The zero-order chi connectivity index (χ0) is 25.9. The van der Waals surface area contributed by atoms with Gasteiger partial charge in [0, 0.05) is 17.4 Å². The van der Waals surface area contributed by atoms with Gasteiger partial charge in [0.2, 0.25) is 0 Å². The van der Waals surface area contributed by atoms with E-state index in [2.05, 4.69) is 48.5 Å². The fourth-order valence-electron chi connectivity index (χ4n) is 11.6. The third-order valence-electron chi connectivity index (χ3n) is 13.9. The van der Waals surface area contributed by atoms with Crippen molar-refractivity contribution in [2.24, 2.45) is 44.3 Å². The van der Waals surface area contributed by atoms with Gasteiger partial charge in [0.05, 0.1) is 18.8 Å². The number of hydrogen-bond donors (Lipinski definition) is 2. The van der Waals surface area contributed by atoms with E-state index in [0.717, 1.165) is 38.5 Å². The molecule has 7 rings (SSSR count). The predicted octanol–water partition coefficient (Wildman–Crippen LogP) is 6.64. The van der Waals surface area contributed by atoms with Crippen LogP contribution in [0.2, 0.25) is 0 Å². The molecule has 4 nitrogen and oxygen atoms in total. The Balaban J connectivity index is 1.45. The summed E-state index contributed by atoms with van der Waals surface area (Å²) < 4.78 is 12.6. The summed E-state index contributed by atoms with van der Waals surface area (Å²) in [5.74, 6) is 1.20. The Morgan fingerprint density at radius 3 is 2.33 bits per heavy atom. The monoisotopic (exact) mass is 500 g/mol. The van der Waals surface area contributed by atoms with Gasteiger partial charge in [-0.3, -0.25) is 0 Å². The normalized spacial score (nSPS) is 55.8. The molecule has 10 atom stereocenters. The maximum absolute atomic E-state index is 12.0. The van der Waals surface area contributed by atoms with Crippen molar-refractivity contribution in [3.8, 4) is 0 Å². The van der Waals surface area contributed by atoms with E-state index in [4.69, 9.17) is 9.47 Å². The number of aliphatic hydroxyl groups is 2. The minimum atomic E-state index is -0.350. The second-order valence-electron chi connectivity index (χ2n) is 15.6. The minimum absolute atomic E-state index is 0.0127. The van der Waals surface area contributed by atoms with Gasteiger partial charge in [-0.05, 0) is 105 Å². The number of allylic oxidation sites excluding steroid dienone is 1. The van der Waals surface area contributed by atoms with Crippen molar-refractivity contribution in [3.05, 3.63) is 11.1 Å². The second kappa shape index (κ2) is 7.83. The van der Waals surface area contributed by atoms with Crippen molar-refractivity contribution >= 4 is 0 Å². The van der Waals surface area contributed by atoms with Crippen LogP contribution in [-0.4, -0.2) is 41.9 Å². The molecule has 0 aromatic carbocycles. The molecule has 204 valence electrons. The number of aliphatic hydroxyl groups excluding tert-OH is 2. The fourth-order valence-corrected chi connectivity index (χ4v) is 11.6. The third-order valence-corrected chi connectivity index (χ3v) is 13.9. The molecular weight excluding hydrogens is 448 g/mol. The zero-order valence-electron chi connectivity index (χ0n) is 24.1. The Labute approximate surface area is 219 Å². The van der Waals surface area contributed by atoms with E-state index in [1.54, 1.807) is 11.1 Å². The summed E-state index contributed by atoms with van der Waals surface area (Å²) >= 11 is 0. The van der Waals surface area contributed by atoms with Gasteiger partial charge in [0.25, 0.3) is 0 Å². The minimum Gasteiger partial charge on any atom is -0.393 e. The molecule has 2 bridgehead atoms. The molecule has 2 N–H and O–H groups in total. The molecule has 4 heteroatoms. The van der Waals surface area contributed by atoms with Crippen LogP contribution in [0.25, 0.3) is 0 Å². The van der Waals surface area contributed by atoms with Gasteiger partial charge < -0.3 is 19.7 Å². The molecule has 2 heterocycles. The van der Waals surface area contributed by atoms with Crippen LogP contribution < -0.4 is 0 Å². The average Bonchev–Trinajstić information content (AvgIpc) is 3.02. The Hall–Kier alpha value is -0.420. The first-order valence-corrected chi connectivity index (χ1v) is 15.1. The van der Waals surface area contributed by atoms with E-state index in [1.807, 2.05) is 0 Å². The van der Waals surface area contributed by atoms with Crippen molar-refractivity contribution in [1.29, 1.82) is 0 Å². The van der Waals surface area contributed by atoms with Crippen molar-refractivity contribution in [3.63, 3.8) is 0 Å². The fraction of sp³-hybridized carbons (Fsp3) is 0.938. The van der Waals surface area contributed by atoms with Crippen LogP contribution in [0, 0.1) is 44.3 Å². The van der Waals surface area contributed by atoms with Crippen LogP contribution in [0.1, 0.15) is 113 Å². The van der Waals surface area contributed by atoms with Crippen LogP contribution >= 0.6 is 0 Å². The van der Waals surface area contributed by atoms with Crippen LogP contribution in [0.4, 0.5) is 0 Å². The number of ether oxygens (including phenoxy) is 2. The molecule has 0 radical (unpaired) electrons. The van der Waals surface area contributed by atoms with Crippen LogP contribution in [0.3, 0.4) is 0 Å². The number of hydrogen-bond acceptors (Lipinski definition) is 4. The van der Waals surface area contributed by atoms with Crippen LogP contribution in [-0.2, 0) is 9.47 Å². The van der Waals surface area contributed by atoms with Gasteiger partial charge in [-0.1, -0.05) is 52.7 Å². The lowest BCUT2D eigenvalue weighted by Gasteiger charge is -2.71. The molecule has 2 aliphatic heterocycles. The highest BCUT2D eigenvalue weighted by molar-refractivity contribution is 5.40. The standard InChI is InChI=1S/C32H52O4/c1-8-35-26-28(4)15-16-32(19-36-26)21(17-28)20-9-10-23-29(5)13-12-24(33)27(2,3)22(29)11-14-30(23,6)31(20,7)18-25(32)34/h22-26,33-34H,8-19H2,1-7H3/t22-,23+,24-,25+,26-,28-,29-,30+,31+,32+/m0/s1. The van der Waals surface area contributed by atoms with Gasteiger partial charge >= 0.3 is 0 Å². The zero-order valence-corrected chi connectivity index (χ0v) is 24.1. The summed E-state index contributed by atoms with van der Waals surface area (Å²) in [4.78, 5) is 0. The van der Waals surface area contributed by atoms with Crippen molar-refractivity contribution < 1.29 is 19.7 Å². The molecule has 0 amide bonds. The highest BCUT2D eigenvalue weighted by Crippen LogP contribution is 2.76. The van der Waals surface area contributed by atoms with Crippen LogP contribution in [0.5, 0.6) is 0 Å². The summed E-state index contributed by atoms with van der Waals surface area (Å²) in [7, 11) is 0. The van der Waals surface area contributed by atoms with Gasteiger partial charge in [-0.2, -0.15) is 0 Å². The smallest absolute Gasteiger partial charge is 0.163 e. The molecule has 4 saturated carbocycles. The number of rotatable bonds is 2. The van der Waals surface area contributed by atoms with Gasteiger partial charge in [0.1, 0.15) is 0 Å². The molecule has 0 aromatic rings. The molecule has 5 aliphatic carbocycles. The second-order valence-corrected chi connectivity index (χ2v) is 15.6. The first-order valence-electron chi connectivity index (χ1n) is 15.1. The summed E-state index contributed by atoms with van der Waals surface area (Å²) in [5, 5.41) is 23.0. The third kappa shape index (κ3) is 2.97. The summed E-state index contributed by atoms with van der Waals surface area (Å²) in [5.41, 5.74) is 3.44. The van der Waals surface area contributed by atoms with Gasteiger partial charge in [0.15, 0.2) is 6.29 Å². The van der Waals surface area contributed by atoms with Crippen molar-refractivity contribution in [1.82, 2.24) is 0 Å². The Bertz CT molecular complexity index is 956. The molecule has 6 fully saturated rings. The highest BCUT2D eigenvalue weighted by atomic mass is 16.7. The van der Waals surface area contributed by atoms with Crippen molar-refractivity contribution in [2.45, 2.75) is 131 Å². The lowest BCUT2D eigenvalue weighted by molar-refractivity contribution is -0.212. The predicted molar refractivity (Wildman–Crippen MR) is 142 cm³/mol. The molecule has 7 aliphatic rings. The van der Waals surface area contributed by atoms with E-state index in [1.165, 1.54) is 25.7 Å². The average molecular weight is 501 g/mol. The maximum Gasteiger partial charge on any atom is 0.163 e. The summed E-state index contributed by atoms with van der Waals surface area (Å²) in [6.45, 7) is 18.1. The van der Waals surface area contributed by atoms with Gasteiger partial charge in [-0.15, -0.1) is 0 Å². The summed E-state index contributed by atoms with van der Waals surface area (Å²) in [6, 6.07) is 0. The summed E-state index contributed by atoms with van der Waals surface area (Å²) in [6.07, 6.45) is 10.2. The van der Waals surface area contributed by atoms with E-state index in [0.29, 0.717) is 25.0 Å². The first kappa shape index (κ1) is 25.8. The molecule has 2 saturated heterocycles. The molecule has 0 unspecified atom stereocenters. The topological polar surface area (TPSA) is 58.9 Å². The van der Waals surface area contributed by atoms with E-state index >= 15 is 0 Å². The van der Waals surface area contributed by atoms with E-state index in [9.17, 15) is 10.2 Å². The van der Waals surface area contributed by atoms with Crippen LogP contribution in [0.15, 0.2) is 11.1 Å². The van der Waals surface area contributed by atoms with E-state index < -0.39 is 0 Å². The molecule has 36 heavy (non-hydrogen) atoms. The largest absolute Gasteiger partial charge is 0.393 e. The van der Waals surface area contributed by atoms with E-state index in [-0.39, 0.29) is 51.0 Å². The lowest BCUT2D eigenvalue weighted by Crippen LogP contribution is -2.65.